The molecule has 0 aliphatic carbocycles. The summed E-state index contributed by atoms with van der Waals surface area (Å²) in [5, 5.41) is 0. The summed E-state index contributed by atoms with van der Waals surface area (Å²) in [6.45, 7) is 6.56. The zero-order valence-corrected chi connectivity index (χ0v) is 12.3. The minimum atomic E-state index is -0.628. The van der Waals surface area contributed by atoms with Gasteiger partial charge in [0.25, 0.3) is 0 Å². The van der Waals surface area contributed by atoms with Crippen molar-refractivity contribution < 1.29 is 18.7 Å². The molecule has 0 spiro atoms. The van der Waals surface area contributed by atoms with Gasteiger partial charge in [0.1, 0.15) is 18.5 Å². The number of hydrogen-bond acceptors (Lipinski definition) is 5. The third kappa shape index (κ3) is 4.15. The number of esters is 1. The lowest BCUT2D eigenvalue weighted by Crippen LogP contribution is -2.47. The molecule has 21 heavy (non-hydrogen) atoms. The monoisotopic (exact) mass is 296 g/mol. The third-order valence-electron chi connectivity index (χ3n) is 3.54. The van der Waals surface area contributed by atoms with Crippen molar-refractivity contribution in [3.05, 3.63) is 29.6 Å². The SMILES string of the molecule is CC(C)N1CCOC(COC(=O)c2cc(F)ccc2N)C1. The number of hydrogen-bond donors (Lipinski definition) is 1. The first-order valence-corrected chi connectivity index (χ1v) is 7.05. The Balaban J connectivity index is 1.90. The Morgan fingerprint density at radius 1 is 1.57 bits per heavy atom. The summed E-state index contributed by atoms with van der Waals surface area (Å²) in [7, 11) is 0. The van der Waals surface area contributed by atoms with Gasteiger partial charge in [-0.15, -0.1) is 0 Å². The highest BCUT2D eigenvalue weighted by atomic mass is 19.1. The molecule has 0 radical (unpaired) electrons. The molecule has 116 valence electrons. The molecule has 2 rings (SSSR count). The molecule has 0 aromatic heterocycles. The number of halogens is 1. The number of nitrogens with zero attached hydrogens (tertiary/aromatic N) is 1. The maximum absolute atomic E-state index is 13.1. The molecule has 0 saturated carbocycles. The molecular weight excluding hydrogens is 275 g/mol. The first-order valence-electron chi connectivity index (χ1n) is 7.05. The fourth-order valence-electron chi connectivity index (χ4n) is 2.26. The van der Waals surface area contributed by atoms with E-state index in [1.807, 2.05) is 0 Å². The van der Waals surface area contributed by atoms with Crippen LogP contribution in [-0.4, -0.2) is 49.3 Å². The van der Waals surface area contributed by atoms with Crippen molar-refractivity contribution in [3.63, 3.8) is 0 Å². The first-order chi connectivity index (χ1) is 9.97. The molecule has 0 amide bonds. The number of anilines is 1. The van der Waals surface area contributed by atoms with Crippen LogP contribution in [0.25, 0.3) is 0 Å². The quantitative estimate of drug-likeness (QED) is 0.676. The number of morpholine rings is 1. The van der Waals surface area contributed by atoms with E-state index in [9.17, 15) is 9.18 Å². The third-order valence-corrected chi connectivity index (χ3v) is 3.54. The van der Waals surface area contributed by atoms with Crippen LogP contribution in [0.4, 0.5) is 10.1 Å². The van der Waals surface area contributed by atoms with Crippen LogP contribution in [0.5, 0.6) is 0 Å². The minimum Gasteiger partial charge on any atom is -0.459 e. The van der Waals surface area contributed by atoms with Gasteiger partial charge in [-0.3, -0.25) is 4.90 Å². The van der Waals surface area contributed by atoms with Crippen LogP contribution in [0.15, 0.2) is 18.2 Å². The van der Waals surface area contributed by atoms with E-state index in [2.05, 4.69) is 18.7 Å². The second kappa shape index (κ2) is 6.87. The van der Waals surface area contributed by atoms with Crippen LogP contribution in [-0.2, 0) is 9.47 Å². The van der Waals surface area contributed by atoms with Crippen LogP contribution >= 0.6 is 0 Å². The Bertz CT molecular complexity index is 508. The summed E-state index contributed by atoms with van der Waals surface area (Å²) in [6.07, 6.45) is -0.167. The van der Waals surface area contributed by atoms with Crippen LogP contribution < -0.4 is 5.73 Å². The number of rotatable bonds is 4. The molecule has 1 saturated heterocycles. The van der Waals surface area contributed by atoms with E-state index in [-0.39, 0.29) is 24.0 Å². The van der Waals surface area contributed by atoms with Crippen molar-refractivity contribution in [2.45, 2.75) is 26.0 Å². The van der Waals surface area contributed by atoms with Crippen molar-refractivity contribution in [1.82, 2.24) is 4.90 Å². The second-order valence-electron chi connectivity index (χ2n) is 5.41. The molecular formula is C15H21FN2O3. The van der Waals surface area contributed by atoms with Crippen LogP contribution in [0.3, 0.4) is 0 Å². The van der Waals surface area contributed by atoms with Gasteiger partial charge in [-0.05, 0) is 32.0 Å². The normalized spacial score (nSPS) is 19.7. The predicted molar refractivity (Wildman–Crippen MR) is 77.5 cm³/mol. The van der Waals surface area contributed by atoms with Crippen molar-refractivity contribution in [3.8, 4) is 0 Å². The van der Waals surface area contributed by atoms with Gasteiger partial charge in [0.15, 0.2) is 0 Å². The van der Waals surface area contributed by atoms with E-state index < -0.39 is 11.8 Å². The van der Waals surface area contributed by atoms with Crippen LogP contribution in [0, 0.1) is 5.82 Å². The summed E-state index contributed by atoms with van der Waals surface area (Å²) in [5.41, 5.74) is 5.91. The largest absolute Gasteiger partial charge is 0.459 e. The number of carbonyl (C=O) groups excluding carboxylic acids is 1. The van der Waals surface area contributed by atoms with E-state index in [0.717, 1.165) is 12.6 Å². The average molecular weight is 296 g/mol. The Morgan fingerprint density at radius 2 is 2.33 bits per heavy atom. The van der Waals surface area contributed by atoms with Crippen molar-refractivity contribution >= 4 is 11.7 Å². The molecule has 1 heterocycles. The molecule has 5 nitrogen and oxygen atoms in total. The standard InChI is InChI=1S/C15H21FN2O3/c1-10(2)18-5-6-20-12(8-18)9-21-15(19)13-7-11(16)3-4-14(13)17/h3-4,7,10,12H,5-6,8-9,17H2,1-2H3. The smallest absolute Gasteiger partial charge is 0.340 e. The summed E-state index contributed by atoms with van der Waals surface area (Å²) >= 11 is 0. The van der Waals surface area contributed by atoms with E-state index in [1.165, 1.54) is 12.1 Å². The van der Waals surface area contributed by atoms with E-state index >= 15 is 0 Å². The summed E-state index contributed by atoms with van der Waals surface area (Å²) < 4.78 is 23.9. The van der Waals surface area contributed by atoms with Gasteiger partial charge in [-0.1, -0.05) is 0 Å². The van der Waals surface area contributed by atoms with Gasteiger partial charge in [-0.25, -0.2) is 9.18 Å². The molecule has 1 unspecified atom stereocenters. The maximum Gasteiger partial charge on any atom is 0.340 e. The highest BCUT2D eigenvalue weighted by Crippen LogP contribution is 2.15. The van der Waals surface area contributed by atoms with Gasteiger partial charge in [-0.2, -0.15) is 0 Å². The van der Waals surface area contributed by atoms with Crippen LogP contribution in [0.1, 0.15) is 24.2 Å². The summed E-state index contributed by atoms with van der Waals surface area (Å²) in [4.78, 5) is 14.2. The number of benzene rings is 1. The van der Waals surface area contributed by atoms with E-state index in [1.54, 1.807) is 0 Å². The van der Waals surface area contributed by atoms with Gasteiger partial charge < -0.3 is 15.2 Å². The zero-order valence-electron chi connectivity index (χ0n) is 12.3. The van der Waals surface area contributed by atoms with Crippen molar-refractivity contribution in [1.29, 1.82) is 0 Å². The highest BCUT2D eigenvalue weighted by molar-refractivity contribution is 5.95. The average Bonchev–Trinajstić information content (AvgIpc) is 2.47. The predicted octanol–water partition coefficient (Wildman–Crippen LogP) is 1.67. The van der Waals surface area contributed by atoms with E-state index in [4.69, 9.17) is 15.2 Å². The Labute approximate surface area is 123 Å². The van der Waals surface area contributed by atoms with E-state index in [0.29, 0.717) is 19.2 Å². The van der Waals surface area contributed by atoms with Gasteiger partial charge in [0.2, 0.25) is 0 Å². The first kappa shape index (κ1) is 15.7. The molecule has 1 aromatic rings. The molecule has 1 aromatic carbocycles. The topological polar surface area (TPSA) is 64.8 Å². The molecule has 1 aliphatic heterocycles. The van der Waals surface area contributed by atoms with Gasteiger partial charge in [0, 0.05) is 24.8 Å². The molecule has 1 fully saturated rings. The Hall–Kier alpha value is -1.66. The van der Waals surface area contributed by atoms with Gasteiger partial charge >= 0.3 is 5.97 Å². The number of nitrogens with two attached hydrogens (primary N) is 1. The van der Waals surface area contributed by atoms with Crippen LogP contribution in [0.2, 0.25) is 0 Å². The van der Waals surface area contributed by atoms with Crippen molar-refractivity contribution in [2.24, 2.45) is 0 Å². The molecule has 0 bridgehead atoms. The molecule has 2 N–H and O–H groups in total. The second-order valence-corrected chi connectivity index (χ2v) is 5.41. The molecule has 6 heteroatoms. The Kier molecular flexibility index (Phi) is 5.14. The number of ether oxygens (including phenoxy) is 2. The maximum atomic E-state index is 13.1. The zero-order chi connectivity index (χ0) is 15.4. The number of carbonyl (C=O) groups is 1. The molecule has 1 aliphatic rings. The fourth-order valence-corrected chi connectivity index (χ4v) is 2.26. The van der Waals surface area contributed by atoms with Gasteiger partial charge in [0.05, 0.1) is 12.2 Å². The lowest BCUT2D eigenvalue weighted by atomic mass is 10.2. The minimum absolute atomic E-state index is 0.0477. The Morgan fingerprint density at radius 3 is 3.05 bits per heavy atom. The number of nitrogen functional groups attached to an aromatic ring is 1. The molecule has 1 atom stereocenters. The lowest BCUT2D eigenvalue weighted by molar-refractivity contribution is -0.0662. The lowest BCUT2D eigenvalue weighted by Gasteiger charge is -2.35. The summed E-state index contributed by atoms with van der Waals surface area (Å²) in [5.74, 6) is -1.15. The summed E-state index contributed by atoms with van der Waals surface area (Å²) in [6, 6.07) is 4.06. The highest BCUT2D eigenvalue weighted by Gasteiger charge is 2.24. The fraction of sp³-hybridized carbons (Fsp3) is 0.533. The van der Waals surface area contributed by atoms with Crippen molar-refractivity contribution in [2.75, 3.05) is 32.0 Å².